The Kier molecular flexibility index (Phi) is 3.42. The van der Waals surface area contributed by atoms with Crippen molar-refractivity contribution in [2.45, 2.75) is 27.2 Å². The molecule has 0 aliphatic rings. The molecule has 0 spiro atoms. The van der Waals surface area contributed by atoms with Gasteiger partial charge < -0.3 is 0 Å². The van der Waals surface area contributed by atoms with E-state index in [9.17, 15) is 0 Å². The lowest BCUT2D eigenvalue weighted by Gasteiger charge is -2.05. The first-order valence-corrected chi connectivity index (χ1v) is 6.95. The number of nitrogens with zero attached hydrogens (tertiary/aromatic N) is 7. The van der Waals surface area contributed by atoms with Gasteiger partial charge in [0.1, 0.15) is 0 Å². The van der Waals surface area contributed by atoms with Gasteiger partial charge in [-0.15, -0.1) is 0 Å². The van der Waals surface area contributed by atoms with Crippen molar-refractivity contribution < 1.29 is 0 Å². The zero-order chi connectivity index (χ0) is 15.0. The fourth-order valence-corrected chi connectivity index (χ4v) is 2.45. The zero-order valence-electron chi connectivity index (χ0n) is 11.9. The minimum Gasteiger partial charge on any atom is -0.206 e. The number of halogens is 1. The van der Waals surface area contributed by atoms with Crippen LogP contribution in [0, 0.1) is 13.8 Å². The lowest BCUT2D eigenvalue weighted by molar-refractivity contribution is 0.728. The van der Waals surface area contributed by atoms with E-state index in [-0.39, 0.29) is 5.28 Å². The van der Waals surface area contributed by atoms with Crippen LogP contribution in [0.15, 0.2) is 18.5 Å². The molecule has 0 saturated heterocycles. The molecular weight excluding hydrogens is 290 g/mol. The summed E-state index contributed by atoms with van der Waals surface area (Å²) in [7, 11) is 0. The summed E-state index contributed by atoms with van der Waals surface area (Å²) in [5.74, 6) is 0.751. The van der Waals surface area contributed by atoms with Crippen molar-refractivity contribution in [3.8, 4) is 11.9 Å². The standard InChI is InChI=1S/C13H14ClN7/c1-4-10-8(2)19-21(9(10)3)13-17-11(14)16-12(18-13)20-7-5-6-15-20/h5-7H,4H2,1-3H3. The van der Waals surface area contributed by atoms with Gasteiger partial charge in [-0.3, -0.25) is 0 Å². The van der Waals surface area contributed by atoms with Crippen LogP contribution in [-0.2, 0) is 6.42 Å². The summed E-state index contributed by atoms with van der Waals surface area (Å²) < 4.78 is 3.22. The minimum atomic E-state index is 0.108. The van der Waals surface area contributed by atoms with E-state index in [1.54, 1.807) is 23.1 Å². The highest BCUT2D eigenvalue weighted by molar-refractivity contribution is 6.28. The number of aromatic nitrogens is 7. The molecule has 0 fully saturated rings. The third-order valence-corrected chi connectivity index (χ3v) is 3.45. The summed E-state index contributed by atoms with van der Waals surface area (Å²) in [6.07, 6.45) is 4.30. The molecule has 0 bridgehead atoms. The van der Waals surface area contributed by atoms with E-state index in [4.69, 9.17) is 11.6 Å². The van der Waals surface area contributed by atoms with Crippen molar-refractivity contribution in [3.05, 3.63) is 40.7 Å². The molecule has 3 aromatic heterocycles. The molecular formula is C13H14ClN7. The normalized spacial score (nSPS) is 11.0. The highest BCUT2D eigenvalue weighted by atomic mass is 35.5. The molecule has 8 heteroatoms. The molecule has 3 aromatic rings. The average Bonchev–Trinajstić information content (AvgIpc) is 3.07. The van der Waals surface area contributed by atoms with Gasteiger partial charge >= 0.3 is 0 Å². The van der Waals surface area contributed by atoms with Crippen LogP contribution in [-0.4, -0.2) is 34.5 Å². The molecule has 0 radical (unpaired) electrons. The summed E-state index contributed by atoms with van der Waals surface area (Å²) >= 11 is 6.01. The summed E-state index contributed by atoms with van der Waals surface area (Å²) in [5.41, 5.74) is 3.16. The van der Waals surface area contributed by atoms with Gasteiger partial charge in [-0.25, -0.2) is 9.36 Å². The lowest BCUT2D eigenvalue weighted by atomic mass is 10.1. The van der Waals surface area contributed by atoms with Gasteiger partial charge in [-0.05, 0) is 43.5 Å². The number of hydrogen-bond acceptors (Lipinski definition) is 5. The molecule has 21 heavy (non-hydrogen) atoms. The summed E-state index contributed by atoms with van der Waals surface area (Å²) in [6, 6.07) is 1.79. The average molecular weight is 304 g/mol. The van der Waals surface area contributed by atoms with E-state index in [1.807, 2.05) is 13.8 Å². The Hall–Kier alpha value is -2.28. The Labute approximate surface area is 126 Å². The largest absolute Gasteiger partial charge is 0.256 e. The smallest absolute Gasteiger partial charge is 0.206 e. The second-order valence-electron chi connectivity index (χ2n) is 4.57. The molecule has 0 N–H and O–H groups in total. The third-order valence-electron chi connectivity index (χ3n) is 3.28. The quantitative estimate of drug-likeness (QED) is 0.740. The van der Waals surface area contributed by atoms with Crippen LogP contribution < -0.4 is 0 Å². The van der Waals surface area contributed by atoms with Gasteiger partial charge in [0.2, 0.25) is 5.28 Å². The Balaban J connectivity index is 2.15. The van der Waals surface area contributed by atoms with E-state index >= 15 is 0 Å². The molecule has 0 saturated carbocycles. The van der Waals surface area contributed by atoms with Crippen molar-refractivity contribution in [2.75, 3.05) is 0 Å². The molecule has 0 atom stereocenters. The van der Waals surface area contributed by atoms with Crippen LogP contribution >= 0.6 is 11.6 Å². The number of rotatable bonds is 3. The monoisotopic (exact) mass is 303 g/mol. The molecule has 0 aliphatic carbocycles. The first-order chi connectivity index (χ1) is 10.1. The van der Waals surface area contributed by atoms with Crippen molar-refractivity contribution in [1.82, 2.24) is 34.5 Å². The highest BCUT2D eigenvalue weighted by Gasteiger charge is 2.15. The number of hydrogen-bond donors (Lipinski definition) is 0. The van der Waals surface area contributed by atoms with Gasteiger partial charge in [0.25, 0.3) is 11.9 Å². The van der Waals surface area contributed by atoms with Gasteiger partial charge in [-0.2, -0.15) is 25.1 Å². The van der Waals surface area contributed by atoms with E-state index in [2.05, 4.69) is 32.1 Å². The van der Waals surface area contributed by atoms with Gasteiger partial charge in [-0.1, -0.05) is 6.92 Å². The highest BCUT2D eigenvalue weighted by Crippen LogP contribution is 2.17. The van der Waals surface area contributed by atoms with Crippen molar-refractivity contribution in [3.63, 3.8) is 0 Å². The maximum atomic E-state index is 6.01. The topological polar surface area (TPSA) is 74.3 Å². The summed E-state index contributed by atoms with van der Waals surface area (Å²) in [4.78, 5) is 12.6. The van der Waals surface area contributed by atoms with Crippen molar-refractivity contribution >= 4 is 11.6 Å². The Morgan fingerprint density at radius 2 is 1.90 bits per heavy atom. The molecule has 0 unspecified atom stereocenters. The zero-order valence-corrected chi connectivity index (χ0v) is 12.7. The fourth-order valence-electron chi connectivity index (χ4n) is 2.30. The first kappa shape index (κ1) is 13.7. The molecule has 0 aliphatic heterocycles. The molecule has 0 amide bonds. The van der Waals surface area contributed by atoms with E-state index in [0.29, 0.717) is 11.9 Å². The predicted molar refractivity (Wildman–Crippen MR) is 77.9 cm³/mol. The van der Waals surface area contributed by atoms with Gasteiger partial charge in [0, 0.05) is 18.1 Å². The lowest BCUT2D eigenvalue weighted by Crippen LogP contribution is -2.11. The van der Waals surface area contributed by atoms with Crippen LogP contribution in [0.4, 0.5) is 0 Å². The fraction of sp³-hybridized carbons (Fsp3) is 0.308. The summed E-state index contributed by atoms with van der Waals surface area (Å²) in [6.45, 7) is 6.06. The van der Waals surface area contributed by atoms with Crippen LogP contribution in [0.25, 0.3) is 11.9 Å². The second-order valence-corrected chi connectivity index (χ2v) is 4.91. The van der Waals surface area contributed by atoms with Gasteiger partial charge in [0.05, 0.1) is 5.69 Å². The number of aryl methyl sites for hydroxylation is 1. The second kappa shape index (κ2) is 5.25. The van der Waals surface area contributed by atoms with Gasteiger partial charge in [0.15, 0.2) is 0 Å². The molecule has 3 heterocycles. The molecule has 0 aromatic carbocycles. The van der Waals surface area contributed by atoms with E-state index in [0.717, 1.165) is 17.8 Å². The van der Waals surface area contributed by atoms with Crippen LogP contribution in [0.2, 0.25) is 5.28 Å². The Bertz CT molecular complexity index is 776. The Morgan fingerprint density at radius 1 is 1.14 bits per heavy atom. The minimum absolute atomic E-state index is 0.108. The van der Waals surface area contributed by atoms with E-state index < -0.39 is 0 Å². The van der Waals surface area contributed by atoms with Crippen LogP contribution in [0.3, 0.4) is 0 Å². The van der Waals surface area contributed by atoms with Crippen molar-refractivity contribution in [2.24, 2.45) is 0 Å². The SMILES string of the molecule is CCc1c(C)nn(-c2nc(Cl)nc(-n3cccn3)n2)c1C. The van der Waals surface area contributed by atoms with Crippen LogP contribution in [0.1, 0.15) is 23.9 Å². The maximum Gasteiger partial charge on any atom is 0.256 e. The molecule has 3 rings (SSSR count). The first-order valence-electron chi connectivity index (χ1n) is 6.57. The predicted octanol–water partition coefficient (Wildman–Crippen LogP) is 2.08. The van der Waals surface area contributed by atoms with E-state index in [1.165, 1.54) is 10.2 Å². The maximum absolute atomic E-state index is 6.01. The van der Waals surface area contributed by atoms with Crippen LogP contribution in [0.5, 0.6) is 0 Å². The summed E-state index contributed by atoms with van der Waals surface area (Å²) in [5, 5.41) is 8.70. The van der Waals surface area contributed by atoms with Crippen molar-refractivity contribution in [1.29, 1.82) is 0 Å². The molecule has 108 valence electrons. The Morgan fingerprint density at radius 3 is 2.52 bits per heavy atom. The molecule has 7 nitrogen and oxygen atoms in total. The third kappa shape index (κ3) is 2.40.